The highest BCUT2D eigenvalue weighted by molar-refractivity contribution is 5.99. The van der Waals surface area contributed by atoms with Crippen LogP contribution in [-0.2, 0) is 6.42 Å². The van der Waals surface area contributed by atoms with Gasteiger partial charge in [-0.25, -0.2) is 4.52 Å². The summed E-state index contributed by atoms with van der Waals surface area (Å²) in [5.74, 6) is -0.565. The number of halogens is 2. The molecule has 1 aliphatic rings. The van der Waals surface area contributed by atoms with Gasteiger partial charge in [0.2, 0.25) is 0 Å². The molecule has 0 saturated carbocycles. The monoisotopic (exact) mass is 537 g/mol. The van der Waals surface area contributed by atoms with Crippen LogP contribution in [0.3, 0.4) is 0 Å². The summed E-state index contributed by atoms with van der Waals surface area (Å²) >= 11 is 0. The average Bonchev–Trinajstić information content (AvgIpc) is 3.32. The molecule has 1 saturated heterocycles. The molecule has 5 aromatic rings. The zero-order valence-electron chi connectivity index (χ0n) is 20.5. The number of rotatable bonds is 5. The molecule has 8 nitrogen and oxygen atoms in total. The summed E-state index contributed by atoms with van der Waals surface area (Å²) in [5, 5.41) is 10.5. The van der Waals surface area contributed by atoms with Crippen molar-refractivity contribution in [1.82, 2.24) is 24.7 Å². The lowest BCUT2D eigenvalue weighted by atomic mass is 10.0. The molecule has 2 aromatic carbocycles. The predicted octanol–water partition coefficient (Wildman–Crippen LogP) is 4.05. The summed E-state index contributed by atoms with van der Waals surface area (Å²) in [7, 11) is 0. The number of amides is 1. The second-order valence-corrected chi connectivity index (χ2v) is 9.16. The van der Waals surface area contributed by atoms with Crippen LogP contribution in [0, 0.1) is 6.92 Å². The smallest absolute Gasteiger partial charge is 0.271 e. The summed E-state index contributed by atoms with van der Waals surface area (Å²) in [4.78, 5) is 21.3. The van der Waals surface area contributed by atoms with E-state index in [4.69, 9.17) is 10.7 Å². The van der Waals surface area contributed by atoms with Crippen molar-refractivity contribution in [1.29, 1.82) is 0 Å². The third-order valence-corrected chi connectivity index (χ3v) is 7.01. The maximum absolute atomic E-state index is 11.6. The number of nitrogens with two attached hydrogens (primary N) is 1. The second-order valence-electron chi connectivity index (χ2n) is 9.16. The van der Waals surface area contributed by atoms with Crippen LogP contribution in [0.4, 0.5) is 5.69 Å². The van der Waals surface area contributed by atoms with Gasteiger partial charge in [0.1, 0.15) is 5.52 Å². The quantitative estimate of drug-likeness (QED) is 0.363. The Kier molecular flexibility index (Phi) is 7.82. The molecule has 6 rings (SSSR count). The molecule has 1 fully saturated rings. The highest BCUT2D eigenvalue weighted by Crippen LogP contribution is 2.27. The number of anilines is 1. The maximum Gasteiger partial charge on any atom is 0.271 e. The van der Waals surface area contributed by atoms with Crippen molar-refractivity contribution in [3.63, 3.8) is 0 Å². The average molecular weight is 538 g/mol. The van der Waals surface area contributed by atoms with Gasteiger partial charge in [0.05, 0.1) is 11.0 Å². The molecule has 1 amide bonds. The van der Waals surface area contributed by atoms with Gasteiger partial charge in [-0.2, -0.15) is 0 Å². The van der Waals surface area contributed by atoms with Crippen molar-refractivity contribution in [2.24, 2.45) is 5.73 Å². The molecule has 0 bridgehead atoms. The molecule has 1 aliphatic heterocycles. The Morgan fingerprint density at radius 3 is 2.43 bits per heavy atom. The summed E-state index contributed by atoms with van der Waals surface area (Å²) in [6.45, 7) is 7.07. The minimum atomic E-state index is -0.565. The molecule has 0 atom stereocenters. The van der Waals surface area contributed by atoms with Crippen LogP contribution >= 0.6 is 24.8 Å². The largest absolute Gasteiger partial charge is 0.368 e. The van der Waals surface area contributed by atoms with Crippen molar-refractivity contribution in [3.8, 4) is 0 Å². The van der Waals surface area contributed by atoms with E-state index in [1.54, 1.807) is 4.52 Å². The summed E-state index contributed by atoms with van der Waals surface area (Å²) in [6, 6.07) is 20.8. The topological polar surface area (TPSA) is 92.6 Å². The van der Waals surface area contributed by atoms with Crippen molar-refractivity contribution in [2.45, 2.75) is 13.3 Å². The van der Waals surface area contributed by atoms with E-state index in [0.29, 0.717) is 5.52 Å². The van der Waals surface area contributed by atoms with Gasteiger partial charge in [-0.05, 0) is 55.3 Å². The van der Waals surface area contributed by atoms with Crippen LogP contribution in [0.1, 0.15) is 21.7 Å². The van der Waals surface area contributed by atoms with Crippen molar-refractivity contribution in [3.05, 3.63) is 77.6 Å². The number of nitrogens with zero attached hydrogens (tertiary/aromatic N) is 6. The number of carbonyl (C=O) groups excluding carboxylic acids is 1. The Morgan fingerprint density at radius 2 is 1.65 bits per heavy atom. The molecule has 0 unspecified atom stereocenters. The van der Waals surface area contributed by atoms with E-state index in [-0.39, 0.29) is 30.5 Å². The number of fused-ring (bicyclic) bond motifs is 4. The Balaban J connectivity index is 0.00000160. The summed E-state index contributed by atoms with van der Waals surface area (Å²) in [5.41, 5.74) is 11.9. The van der Waals surface area contributed by atoms with E-state index < -0.39 is 5.91 Å². The zero-order chi connectivity index (χ0) is 23.9. The van der Waals surface area contributed by atoms with Gasteiger partial charge in [-0.1, -0.05) is 29.5 Å². The Morgan fingerprint density at radius 1 is 0.892 bits per heavy atom. The maximum atomic E-state index is 11.6. The summed E-state index contributed by atoms with van der Waals surface area (Å²) < 4.78 is 1.71. The number of hydrogen-bond donors (Lipinski definition) is 1. The number of piperazine rings is 1. The number of pyridine rings is 2. The van der Waals surface area contributed by atoms with Crippen LogP contribution in [0.15, 0.2) is 60.7 Å². The highest BCUT2D eigenvalue weighted by atomic mass is 35.5. The van der Waals surface area contributed by atoms with Crippen molar-refractivity contribution in [2.75, 3.05) is 37.6 Å². The van der Waals surface area contributed by atoms with E-state index >= 15 is 0 Å². The molecule has 0 spiro atoms. The number of benzene rings is 2. The second kappa shape index (κ2) is 10.9. The van der Waals surface area contributed by atoms with Crippen LogP contribution in [0.5, 0.6) is 0 Å². The minimum absolute atomic E-state index is 0. The fraction of sp³-hybridized carbons (Fsp3) is 0.259. The van der Waals surface area contributed by atoms with Crippen LogP contribution in [0.25, 0.3) is 27.3 Å². The molecule has 192 valence electrons. The molecule has 10 heteroatoms. The van der Waals surface area contributed by atoms with E-state index in [2.05, 4.69) is 56.5 Å². The fourth-order valence-electron chi connectivity index (χ4n) is 5.16. The standard InChI is InChI=1S/C27H27N7O.2ClH/c1-18-8-9-21-22(29-18)5-3-6-23(21)33-16-14-32(15-17-33)13-12-19-4-2-7-24-20(19)10-11-25-26(27(28)35)30-31-34(24)25;;/h2-11H,12-17H2,1H3,(H2,28,35);2*1H. The number of aromatic nitrogens is 4. The Labute approximate surface area is 227 Å². The molecule has 0 radical (unpaired) electrons. The first-order valence-corrected chi connectivity index (χ1v) is 12.0. The molecule has 3 aromatic heterocycles. The lowest BCUT2D eigenvalue weighted by molar-refractivity contribution is 0.0997. The molecule has 0 aliphatic carbocycles. The van der Waals surface area contributed by atoms with E-state index in [1.165, 1.54) is 16.6 Å². The van der Waals surface area contributed by atoms with Gasteiger partial charge >= 0.3 is 0 Å². The van der Waals surface area contributed by atoms with Gasteiger partial charge < -0.3 is 10.6 Å². The van der Waals surface area contributed by atoms with E-state index in [1.807, 2.05) is 31.2 Å². The van der Waals surface area contributed by atoms with Crippen molar-refractivity contribution < 1.29 is 4.79 Å². The highest BCUT2D eigenvalue weighted by Gasteiger charge is 2.19. The molecular formula is C27H29Cl2N7O. The van der Waals surface area contributed by atoms with E-state index in [0.717, 1.165) is 61.3 Å². The Hall–Kier alpha value is -3.46. The van der Waals surface area contributed by atoms with Crippen LogP contribution in [-0.4, -0.2) is 63.3 Å². The third kappa shape index (κ3) is 4.92. The SMILES string of the molecule is Cc1ccc2c(N3CCN(CCc4cccc5c4ccc4c(C(N)=O)nnn45)CC3)cccc2n1.Cl.Cl. The van der Waals surface area contributed by atoms with Gasteiger partial charge in [-0.3, -0.25) is 14.7 Å². The molecule has 2 N–H and O–H groups in total. The number of carbonyl (C=O) groups is 1. The number of hydrogen-bond acceptors (Lipinski definition) is 6. The molecule has 4 heterocycles. The Bertz CT molecular complexity index is 1580. The van der Waals surface area contributed by atoms with Gasteiger partial charge in [0.25, 0.3) is 5.91 Å². The zero-order valence-corrected chi connectivity index (χ0v) is 22.1. The van der Waals surface area contributed by atoms with Gasteiger partial charge in [-0.15, -0.1) is 29.9 Å². The predicted molar refractivity (Wildman–Crippen MR) is 152 cm³/mol. The third-order valence-electron chi connectivity index (χ3n) is 7.01. The van der Waals surface area contributed by atoms with E-state index in [9.17, 15) is 4.79 Å². The first kappa shape index (κ1) is 26.6. The lowest BCUT2D eigenvalue weighted by Crippen LogP contribution is -2.47. The van der Waals surface area contributed by atoms with Gasteiger partial charge in [0, 0.05) is 54.9 Å². The van der Waals surface area contributed by atoms with Gasteiger partial charge in [0.15, 0.2) is 5.69 Å². The molecule has 37 heavy (non-hydrogen) atoms. The first-order valence-electron chi connectivity index (χ1n) is 12.0. The minimum Gasteiger partial charge on any atom is -0.368 e. The molecular weight excluding hydrogens is 509 g/mol. The number of aryl methyl sites for hydroxylation is 1. The fourth-order valence-corrected chi connectivity index (χ4v) is 5.16. The number of primary amides is 1. The van der Waals surface area contributed by atoms with Crippen molar-refractivity contribution >= 4 is 63.7 Å². The normalized spacial score (nSPS) is 14.0. The first-order chi connectivity index (χ1) is 17.1. The lowest BCUT2D eigenvalue weighted by Gasteiger charge is -2.36. The van der Waals surface area contributed by atoms with Crippen LogP contribution in [0.2, 0.25) is 0 Å². The van der Waals surface area contributed by atoms with Crippen LogP contribution < -0.4 is 10.6 Å². The summed E-state index contributed by atoms with van der Waals surface area (Å²) in [6.07, 6.45) is 0.942.